The number of hydrogen-bond donors (Lipinski definition) is 1. The van der Waals surface area contributed by atoms with Crippen LogP contribution in [0.15, 0.2) is 6.07 Å². The Hall–Kier alpha value is -1.02. The number of methoxy groups -OCH3 is 1. The molecule has 0 aliphatic heterocycles. The number of aryl methyl sites for hydroxylation is 1. The number of benzene rings is 1. The number of rotatable bonds is 3. The molecule has 1 atom stereocenters. The van der Waals surface area contributed by atoms with E-state index in [0.717, 1.165) is 17.7 Å². The van der Waals surface area contributed by atoms with Crippen molar-refractivity contribution in [2.24, 2.45) is 5.73 Å². The van der Waals surface area contributed by atoms with Crippen LogP contribution < -0.4 is 10.5 Å². The molecule has 1 rings (SSSR count). The standard InChI is InChI=1S/C13H21NO/c1-6-11-8(2)7-12(10(4)14)13(15-5)9(11)3/h7,10H,6,14H2,1-5H3. The maximum atomic E-state index is 5.94. The Labute approximate surface area is 92.4 Å². The van der Waals surface area contributed by atoms with Crippen molar-refractivity contribution in [3.8, 4) is 5.75 Å². The first-order valence-electron chi connectivity index (χ1n) is 5.45. The highest BCUT2D eigenvalue weighted by Crippen LogP contribution is 2.32. The van der Waals surface area contributed by atoms with E-state index in [1.165, 1.54) is 16.7 Å². The molecule has 0 saturated heterocycles. The van der Waals surface area contributed by atoms with E-state index >= 15 is 0 Å². The summed E-state index contributed by atoms with van der Waals surface area (Å²) in [6.45, 7) is 8.40. The quantitative estimate of drug-likeness (QED) is 0.827. The van der Waals surface area contributed by atoms with E-state index in [4.69, 9.17) is 10.5 Å². The van der Waals surface area contributed by atoms with Crippen LogP contribution in [0.1, 0.15) is 42.1 Å². The third-order valence-electron chi connectivity index (χ3n) is 2.95. The summed E-state index contributed by atoms with van der Waals surface area (Å²) >= 11 is 0. The molecule has 0 aromatic heterocycles. The number of nitrogens with two attached hydrogens (primary N) is 1. The molecule has 0 fully saturated rings. The summed E-state index contributed by atoms with van der Waals surface area (Å²) in [4.78, 5) is 0. The molecule has 0 spiro atoms. The fourth-order valence-corrected chi connectivity index (χ4v) is 2.19. The Morgan fingerprint density at radius 1 is 1.40 bits per heavy atom. The van der Waals surface area contributed by atoms with Crippen LogP contribution in [0.2, 0.25) is 0 Å². The normalized spacial score (nSPS) is 12.7. The smallest absolute Gasteiger partial charge is 0.126 e. The van der Waals surface area contributed by atoms with E-state index in [-0.39, 0.29) is 6.04 Å². The molecule has 0 aliphatic rings. The molecular weight excluding hydrogens is 186 g/mol. The molecule has 2 N–H and O–H groups in total. The van der Waals surface area contributed by atoms with E-state index in [1.54, 1.807) is 7.11 Å². The van der Waals surface area contributed by atoms with E-state index < -0.39 is 0 Å². The van der Waals surface area contributed by atoms with Gasteiger partial charge < -0.3 is 10.5 Å². The van der Waals surface area contributed by atoms with Gasteiger partial charge in [-0.05, 0) is 43.9 Å². The van der Waals surface area contributed by atoms with Gasteiger partial charge in [0, 0.05) is 11.6 Å². The van der Waals surface area contributed by atoms with Gasteiger partial charge in [-0.15, -0.1) is 0 Å². The zero-order valence-corrected chi connectivity index (χ0v) is 10.3. The second kappa shape index (κ2) is 4.67. The molecule has 84 valence electrons. The molecule has 2 heteroatoms. The van der Waals surface area contributed by atoms with Crippen molar-refractivity contribution in [2.45, 2.75) is 40.2 Å². The lowest BCUT2D eigenvalue weighted by atomic mass is 9.94. The van der Waals surface area contributed by atoms with Gasteiger partial charge in [0.15, 0.2) is 0 Å². The molecule has 15 heavy (non-hydrogen) atoms. The van der Waals surface area contributed by atoms with Crippen LogP contribution in [0.4, 0.5) is 0 Å². The third-order valence-corrected chi connectivity index (χ3v) is 2.95. The highest BCUT2D eigenvalue weighted by Gasteiger charge is 2.14. The van der Waals surface area contributed by atoms with Gasteiger partial charge in [0.2, 0.25) is 0 Å². The Kier molecular flexibility index (Phi) is 3.75. The van der Waals surface area contributed by atoms with Crippen molar-refractivity contribution < 1.29 is 4.74 Å². The van der Waals surface area contributed by atoms with Crippen molar-refractivity contribution in [2.75, 3.05) is 7.11 Å². The van der Waals surface area contributed by atoms with Gasteiger partial charge in [-0.3, -0.25) is 0 Å². The second-order valence-corrected chi connectivity index (χ2v) is 4.06. The summed E-state index contributed by atoms with van der Waals surface area (Å²) in [5, 5.41) is 0. The molecular formula is C13H21NO. The number of hydrogen-bond acceptors (Lipinski definition) is 2. The molecule has 1 aromatic carbocycles. The van der Waals surface area contributed by atoms with Crippen LogP contribution in [-0.4, -0.2) is 7.11 Å². The maximum absolute atomic E-state index is 5.94. The van der Waals surface area contributed by atoms with Crippen LogP contribution in [0.25, 0.3) is 0 Å². The summed E-state index contributed by atoms with van der Waals surface area (Å²) in [5.74, 6) is 0.951. The van der Waals surface area contributed by atoms with Gasteiger partial charge in [-0.25, -0.2) is 0 Å². The maximum Gasteiger partial charge on any atom is 0.126 e. The van der Waals surface area contributed by atoms with E-state index in [1.807, 2.05) is 6.92 Å². The zero-order valence-electron chi connectivity index (χ0n) is 10.3. The van der Waals surface area contributed by atoms with Gasteiger partial charge in [-0.2, -0.15) is 0 Å². The molecule has 1 unspecified atom stereocenters. The van der Waals surface area contributed by atoms with Gasteiger partial charge in [0.25, 0.3) is 0 Å². The van der Waals surface area contributed by atoms with E-state index in [9.17, 15) is 0 Å². The fourth-order valence-electron chi connectivity index (χ4n) is 2.19. The largest absolute Gasteiger partial charge is 0.496 e. The van der Waals surface area contributed by atoms with Gasteiger partial charge >= 0.3 is 0 Å². The predicted molar refractivity (Wildman–Crippen MR) is 64.4 cm³/mol. The molecule has 0 amide bonds. The van der Waals surface area contributed by atoms with Crippen LogP contribution >= 0.6 is 0 Å². The Bertz CT molecular complexity index is 356. The summed E-state index contributed by atoms with van der Waals surface area (Å²) in [5.41, 5.74) is 10.9. The lowest BCUT2D eigenvalue weighted by molar-refractivity contribution is 0.403. The SMILES string of the molecule is CCc1c(C)cc(C(C)N)c(OC)c1C. The van der Waals surface area contributed by atoms with Crippen LogP contribution in [0.5, 0.6) is 5.75 Å². The van der Waals surface area contributed by atoms with Gasteiger partial charge in [0.05, 0.1) is 7.11 Å². The van der Waals surface area contributed by atoms with Crippen LogP contribution in [0, 0.1) is 13.8 Å². The minimum absolute atomic E-state index is 0.0169. The summed E-state index contributed by atoms with van der Waals surface area (Å²) < 4.78 is 5.45. The first-order valence-corrected chi connectivity index (χ1v) is 5.45. The lowest BCUT2D eigenvalue weighted by Gasteiger charge is -2.19. The van der Waals surface area contributed by atoms with Crippen molar-refractivity contribution in [1.82, 2.24) is 0 Å². The molecule has 0 radical (unpaired) electrons. The topological polar surface area (TPSA) is 35.2 Å². The number of ether oxygens (including phenoxy) is 1. The van der Waals surface area contributed by atoms with E-state index in [0.29, 0.717) is 0 Å². The molecule has 1 aromatic rings. The lowest BCUT2D eigenvalue weighted by Crippen LogP contribution is -2.10. The van der Waals surface area contributed by atoms with Gasteiger partial charge in [-0.1, -0.05) is 13.0 Å². The second-order valence-electron chi connectivity index (χ2n) is 4.06. The molecule has 0 aliphatic carbocycles. The van der Waals surface area contributed by atoms with Crippen LogP contribution in [0.3, 0.4) is 0 Å². The Balaban J connectivity index is 3.44. The van der Waals surface area contributed by atoms with Gasteiger partial charge in [0.1, 0.15) is 5.75 Å². The van der Waals surface area contributed by atoms with Crippen molar-refractivity contribution in [3.63, 3.8) is 0 Å². The van der Waals surface area contributed by atoms with Crippen molar-refractivity contribution in [1.29, 1.82) is 0 Å². The summed E-state index contributed by atoms with van der Waals surface area (Å²) in [6, 6.07) is 2.17. The Morgan fingerprint density at radius 2 is 2.00 bits per heavy atom. The monoisotopic (exact) mass is 207 g/mol. The summed E-state index contributed by atoms with van der Waals surface area (Å²) in [7, 11) is 1.71. The highest BCUT2D eigenvalue weighted by atomic mass is 16.5. The minimum Gasteiger partial charge on any atom is -0.496 e. The average Bonchev–Trinajstić information content (AvgIpc) is 2.17. The highest BCUT2D eigenvalue weighted by molar-refractivity contribution is 5.50. The minimum atomic E-state index is 0.0169. The molecule has 0 heterocycles. The average molecular weight is 207 g/mol. The summed E-state index contributed by atoms with van der Waals surface area (Å²) in [6.07, 6.45) is 1.03. The molecule has 2 nitrogen and oxygen atoms in total. The fraction of sp³-hybridized carbons (Fsp3) is 0.538. The first-order chi connectivity index (χ1) is 7.02. The van der Waals surface area contributed by atoms with Crippen LogP contribution in [-0.2, 0) is 6.42 Å². The zero-order chi connectivity index (χ0) is 11.6. The molecule has 0 bridgehead atoms. The molecule has 0 saturated carbocycles. The first kappa shape index (κ1) is 12.1. The predicted octanol–water partition coefficient (Wildman–Crippen LogP) is 2.89. The van der Waals surface area contributed by atoms with Crippen molar-refractivity contribution >= 4 is 0 Å². The Morgan fingerprint density at radius 3 is 2.40 bits per heavy atom. The van der Waals surface area contributed by atoms with Crippen molar-refractivity contribution in [3.05, 3.63) is 28.3 Å². The third kappa shape index (κ3) is 2.15. The van der Waals surface area contributed by atoms with E-state index in [2.05, 4.69) is 26.8 Å².